The fourth-order valence-electron chi connectivity index (χ4n) is 1.87. The minimum atomic E-state index is -0.576. The lowest BCUT2D eigenvalue weighted by Crippen LogP contribution is -2.46. The molecule has 6 heteroatoms. The van der Waals surface area contributed by atoms with E-state index in [-0.39, 0.29) is 24.9 Å². The molecule has 0 fully saturated rings. The Morgan fingerprint density at radius 1 is 1.25 bits per heavy atom. The minimum Gasteiger partial charge on any atom is -0.368 e. The van der Waals surface area contributed by atoms with Gasteiger partial charge in [0.25, 0.3) is 0 Å². The average molecular weight is 300 g/mol. The van der Waals surface area contributed by atoms with Gasteiger partial charge in [-0.15, -0.1) is 12.4 Å². The van der Waals surface area contributed by atoms with Gasteiger partial charge in [0.15, 0.2) is 0 Å². The van der Waals surface area contributed by atoms with E-state index in [0.29, 0.717) is 13.0 Å². The van der Waals surface area contributed by atoms with Crippen LogP contribution in [0.1, 0.15) is 25.3 Å². The standard InChI is InChI=1S/C14H21N3O2.ClH/c1-2-6-12(15)14(19)17(10-13(16)18)9-11-7-4-3-5-8-11;/h3-5,7-8,12H,2,6,9-10,15H2,1H3,(H2,16,18);1H. The molecule has 5 nitrogen and oxygen atoms in total. The number of nitrogens with two attached hydrogens (primary N) is 2. The predicted molar refractivity (Wildman–Crippen MR) is 81.2 cm³/mol. The van der Waals surface area contributed by atoms with Crippen molar-refractivity contribution < 1.29 is 9.59 Å². The van der Waals surface area contributed by atoms with E-state index in [1.807, 2.05) is 37.3 Å². The topological polar surface area (TPSA) is 89.4 Å². The molecule has 20 heavy (non-hydrogen) atoms. The normalized spacial score (nSPS) is 11.3. The van der Waals surface area contributed by atoms with E-state index in [1.54, 1.807) is 0 Å². The highest BCUT2D eigenvalue weighted by Crippen LogP contribution is 2.07. The highest BCUT2D eigenvalue weighted by molar-refractivity contribution is 5.86. The summed E-state index contributed by atoms with van der Waals surface area (Å²) in [6, 6.07) is 8.88. The van der Waals surface area contributed by atoms with Gasteiger partial charge in [-0.25, -0.2) is 0 Å². The maximum Gasteiger partial charge on any atom is 0.240 e. The number of amides is 2. The predicted octanol–water partition coefficient (Wildman–Crippen LogP) is 1.05. The molecule has 1 aromatic carbocycles. The Hall–Kier alpha value is -1.59. The number of rotatable bonds is 7. The number of primary amides is 1. The first-order chi connectivity index (χ1) is 9.04. The summed E-state index contributed by atoms with van der Waals surface area (Å²) in [4.78, 5) is 24.7. The van der Waals surface area contributed by atoms with Crippen molar-refractivity contribution in [3.8, 4) is 0 Å². The summed E-state index contributed by atoms with van der Waals surface area (Å²) in [7, 11) is 0. The van der Waals surface area contributed by atoms with Crippen LogP contribution in [-0.2, 0) is 16.1 Å². The molecule has 0 spiro atoms. The zero-order valence-electron chi connectivity index (χ0n) is 11.6. The van der Waals surface area contributed by atoms with Gasteiger partial charge in [-0.3, -0.25) is 9.59 Å². The lowest BCUT2D eigenvalue weighted by atomic mass is 10.1. The van der Waals surface area contributed by atoms with Crippen molar-refractivity contribution in [1.82, 2.24) is 4.90 Å². The van der Waals surface area contributed by atoms with Gasteiger partial charge in [-0.1, -0.05) is 43.7 Å². The molecule has 112 valence electrons. The van der Waals surface area contributed by atoms with E-state index in [4.69, 9.17) is 11.5 Å². The smallest absolute Gasteiger partial charge is 0.240 e. The number of hydrogen-bond donors (Lipinski definition) is 2. The largest absolute Gasteiger partial charge is 0.368 e. The summed E-state index contributed by atoms with van der Waals surface area (Å²) >= 11 is 0. The maximum atomic E-state index is 12.2. The lowest BCUT2D eigenvalue weighted by Gasteiger charge is -2.24. The van der Waals surface area contributed by atoms with Crippen molar-refractivity contribution in [2.24, 2.45) is 11.5 Å². The molecular weight excluding hydrogens is 278 g/mol. The molecule has 1 atom stereocenters. The first-order valence-corrected chi connectivity index (χ1v) is 6.41. The Morgan fingerprint density at radius 3 is 2.35 bits per heavy atom. The van der Waals surface area contributed by atoms with Crippen molar-refractivity contribution in [2.75, 3.05) is 6.54 Å². The van der Waals surface area contributed by atoms with Crippen molar-refractivity contribution >= 4 is 24.2 Å². The van der Waals surface area contributed by atoms with Gasteiger partial charge in [0.05, 0.1) is 12.6 Å². The van der Waals surface area contributed by atoms with Crippen molar-refractivity contribution in [2.45, 2.75) is 32.4 Å². The van der Waals surface area contributed by atoms with Gasteiger partial charge in [0, 0.05) is 6.54 Å². The molecule has 4 N–H and O–H groups in total. The highest BCUT2D eigenvalue weighted by Gasteiger charge is 2.21. The molecule has 1 unspecified atom stereocenters. The Labute approximate surface area is 125 Å². The van der Waals surface area contributed by atoms with Gasteiger partial charge in [-0.05, 0) is 12.0 Å². The van der Waals surface area contributed by atoms with Crippen LogP contribution in [0, 0.1) is 0 Å². The molecule has 1 aromatic rings. The van der Waals surface area contributed by atoms with Crippen LogP contribution in [0.2, 0.25) is 0 Å². The summed E-state index contributed by atoms with van der Waals surface area (Å²) < 4.78 is 0. The van der Waals surface area contributed by atoms with Gasteiger partial charge < -0.3 is 16.4 Å². The zero-order valence-corrected chi connectivity index (χ0v) is 12.4. The second kappa shape index (κ2) is 9.34. The van der Waals surface area contributed by atoms with Crippen LogP contribution in [0.25, 0.3) is 0 Å². The Kier molecular flexibility index (Phi) is 8.59. The maximum absolute atomic E-state index is 12.2. The third kappa shape index (κ3) is 6.04. The second-order valence-corrected chi connectivity index (χ2v) is 4.54. The molecule has 0 radical (unpaired) electrons. The highest BCUT2D eigenvalue weighted by atomic mass is 35.5. The third-order valence-corrected chi connectivity index (χ3v) is 2.79. The summed E-state index contributed by atoms with van der Waals surface area (Å²) in [6.07, 6.45) is 1.42. The van der Waals surface area contributed by atoms with Crippen LogP contribution < -0.4 is 11.5 Å². The molecule has 2 amide bonds. The van der Waals surface area contributed by atoms with Gasteiger partial charge in [-0.2, -0.15) is 0 Å². The van der Waals surface area contributed by atoms with Crippen molar-refractivity contribution in [3.63, 3.8) is 0 Å². The number of nitrogens with zero attached hydrogens (tertiary/aromatic N) is 1. The molecule has 0 saturated heterocycles. The Bertz CT molecular complexity index is 426. The van der Waals surface area contributed by atoms with E-state index < -0.39 is 11.9 Å². The van der Waals surface area contributed by atoms with Crippen LogP contribution in [0.4, 0.5) is 0 Å². The fraction of sp³-hybridized carbons (Fsp3) is 0.429. The minimum absolute atomic E-state index is 0. The van der Waals surface area contributed by atoms with Gasteiger partial charge in [0.1, 0.15) is 0 Å². The third-order valence-electron chi connectivity index (χ3n) is 2.79. The van der Waals surface area contributed by atoms with Crippen LogP contribution in [0.3, 0.4) is 0 Å². The molecule has 0 aromatic heterocycles. The van der Waals surface area contributed by atoms with E-state index in [2.05, 4.69) is 0 Å². The van der Waals surface area contributed by atoms with Crippen molar-refractivity contribution in [1.29, 1.82) is 0 Å². The second-order valence-electron chi connectivity index (χ2n) is 4.54. The monoisotopic (exact) mass is 299 g/mol. The van der Waals surface area contributed by atoms with E-state index in [0.717, 1.165) is 12.0 Å². The first kappa shape index (κ1) is 18.4. The molecule has 0 heterocycles. The Balaban J connectivity index is 0.00000361. The van der Waals surface area contributed by atoms with Crippen LogP contribution in [0.5, 0.6) is 0 Å². The number of benzene rings is 1. The quantitative estimate of drug-likeness (QED) is 0.788. The number of carbonyl (C=O) groups excluding carboxylic acids is 2. The number of hydrogen-bond acceptors (Lipinski definition) is 3. The number of halogens is 1. The molecule has 0 bridgehead atoms. The van der Waals surface area contributed by atoms with Crippen LogP contribution in [-0.4, -0.2) is 29.3 Å². The van der Waals surface area contributed by atoms with Crippen molar-refractivity contribution in [3.05, 3.63) is 35.9 Å². The number of carbonyl (C=O) groups is 2. The van der Waals surface area contributed by atoms with E-state index in [9.17, 15) is 9.59 Å². The average Bonchev–Trinajstić information content (AvgIpc) is 2.38. The van der Waals surface area contributed by atoms with E-state index >= 15 is 0 Å². The van der Waals surface area contributed by atoms with E-state index in [1.165, 1.54) is 4.90 Å². The van der Waals surface area contributed by atoms with Gasteiger partial charge in [0.2, 0.25) is 11.8 Å². The summed E-state index contributed by atoms with van der Waals surface area (Å²) in [5.74, 6) is -0.766. The Morgan fingerprint density at radius 2 is 1.85 bits per heavy atom. The molecule has 0 aliphatic carbocycles. The summed E-state index contributed by atoms with van der Waals surface area (Å²) in [6.45, 7) is 2.20. The molecule has 0 saturated carbocycles. The first-order valence-electron chi connectivity index (χ1n) is 6.41. The summed E-state index contributed by atoms with van der Waals surface area (Å²) in [5, 5.41) is 0. The SMILES string of the molecule is CCCC(N)C(=O)N(CC(N)=O)Cc1ccccc1.Cl. The molecule has 1 rings (SSSR count). The molecular formula is C14H22ClN3O2. The summed E-state index contributed by atoms with van der Waals surface area (Å²) in [5.41, 5.74) is 11.9. The van der Waals surface area contributed by atoms with Gasteiger partial charge >= 0.3 is 0 Å². The molecule has 0 aliphatic heterocycles. The zero-order chi connectivity index (χ0) is 14.3. The lowest BCUT2D eigenvalue weighted by molar-refractivity contribution is -0.137. The fourth-order valence-corrected chi connectivity index (χ4v) is 1.87. The molecule has 0 aliphatic rings. The van der Waals surface area contributed by atoms with Crippen LogP contribution in [0.15, 0.2) is 30.3 Å². The van der Waals surface area contributed by atoms with Crippen LogP contribution >= 0.6 is 12.4 Å².